The monoisotopic (exact) mass is 252 g/mol. The SMILES string of the molecule is C=C(N/C=C\C)C(c1ccc(C)cc1)c1ccc[nH]1. The van der Waals surface area contributed by atoms with Gasteiger partial charge in [-0.25, -0.2) is 0 Å². The molecule has 0 saturated heterocycles. The Morgan fingerprint density at radius 3 is 2.58 bits per heavy atom. The molecule has 1 heterocycles. The lowest BCUT2D eigenvalue weighted by molar-refractivity contribution is 0.836. The minimum Gasteiger partial charge on any atom is -0.365 e. The van der Waals surface area contributed by atoms with E-state index in [9.17, 15) is 0 Å². The quantitative estimate of drug-likeness (QED) is 0.824. The molecule has 0 amide bonds. The van der Waals surface area contributed by atoms with Crippen LogP contribution < -0.4 is 5.32 Å². The first kappa shape index (κ1) is 13.2. The first-order valence-corrected chi connectivity index (χ1v) is 6.48. The van der Waals surface area contributed by atoms with E-state index in [0.29, 0.717) is 0 Å². The fourth-order valence-electron chi connectivity index (χ4n) is 2.12. The van der Waals surface area contributed by atoms with Crippen LogP contribution in [-0.4, -0.2) is 4.98 Å². The molecule has 0 saturated carbocycles. The lowest BCUT2D eigenvalue weighted by Gasteiger charge is -2.19. The number of rotatable bonds is 5. The van der Waals surface area contributed by atoms with E-state index in [0.717, 1.165) is 11.4 Å². The second kappa shape index (κ2) is 6.10. The standard InChI is InChI=1S/C17H20N2/c1-4-11-18-14(3)17(16-6-5-12-19-16)15-9-7-13(2)8-10-15/h4-12,17-19H,3H2,1-2H3/b11-4-. The van der Waals surface area contributed by atoms with Crippen molar-refractivity contribution in [3.63, 3.8) is 0 Å². The third kappa shape index (κ3) is 3.16. The Morgan fingerprint density at radius 1 is 1.26 bits per heavy atom. The van der Waals surface area contributed by atoms with Crippen molar-refractivity contribution in [3.8, 4) is 0 Å². The minimum absolute atomic E-state index is 0.131. The number of aryl methyl sites for hydroxylation is 1. The lowest BCUT2D eigenvalue weighted by atomic mass is 9.92. The topological polar surface area (TPSA) is 27.8 Å². The number of allylic oxidation sites excluding steroid dienone is 2. The smallest absolute Gasteiger partial charge is 0.0635 e. The maximum atomic E-state index is 4.16. The summed E-state index contributed by atoms with van der Waals surface area (Å²) in [5.74, 6) is 0.131. The van der Waals surface area contributed by atoms with Crippen molar-refractivity contribution < 1.29 is 0 Å². The van der Waals surface area contributed by atoms with Crippen molar-refractivity contribution in [2.45, 2.75) is 19.8 Å². The van der Waals surface area contributed by atoms with Gasteiger partial charge in [0.05, 0.1) is 5.92 Å². The number of hydrogen-bond acceptors (Lipinski definition) is 1. The van der Waals surface area contributed by atoms with Gasteiger partial charge >= 0.3 is 0 Å². The van der Waals surface area contributed by atoms with Gasteiger partial charge in [0, 0.05) is 17.6 Å². The first-order chi connectivity index (χ1) is 9.22. The maximum absolute atomic E-state index is 4.16. The fourth-order valence-corrected chi connectivity index (χ4v) is 2.12. The molecule has 0 aliphatic rings. The lowest BCUT2D eigenvalue weighted by Crippen LogP contribution is -2.14. The van der Waals surface area contributed by atoms with E-state index in [2.05, 4.69) is 54.1 Å². The Morgan fingerprint density at radius 2 is 2.00 bits per heavy atom. The summed E-state index contributed by atoms with van der Waals surface area (Å²) in [7, 11) is 0. The average molecular weight is 252 g/mol. The van der Waals surface area contributed by atoms with E-state index >= 15 is 0 Å². The average Bonchev–Trinajstić information content (AvgIpc) is 2.93. The van der Waals surface area contributed by atoms with Crippen molar-refractivity contribution in [1.82, 2.24) is 10.3 Å². The van der Waals surface area contributed by atoms with E-state index in [1.807, 2.05) is 31.5 Å². The molecule has 98 valence electrons. The molecule has 0 radical (unpaired) electrons. The van der Waals surface area contributed by atoms with Crippen molar-refractivity contribution in [1.29, 1.82) is 0 Å². The number of nitrogens with one attached hydrogen (secondary N) is 2. The molecule has 0 spiro atoms. The van der Waals surface area contributed by atoms with Gasteiger partial charge in [0.25, 0.3) is 0 Å². The van der Waals surface area contributed by atoms with Gasteiger partial charge in [0.15, 0.2) is 0 Å². The van der Waals surface area contributed by atoms with Crippen molar-refractivity contribution in [2.24, 2.45) is 0 Å². The Bertz CT molecular complexity index is 547. The molecular weight excluding hydrogens is 232 g/mol. The van der Waals surface area contributed by atoms with Crippen LogP contribution in [0.1, 0.15) is 29.7 Å². The summed E-state index contributed by atoms with van der Waals surface area (Å²) in [6.07, 6.45) is 5.82. The van der Waals surface area contributed by atoms with Crippen LogP contribution in [0.4, 0.5) is 0 Å². The zero-order valence-electron chi connectivity index (χ0n) is 11.5. The summed E-state index contributed by atoms with van der Waals surface area (Å²) in [6, 6.07) is 12.7. The molecule has 19 heavy (non-hydrogen) atoms. The van der Waals surface area contributed by atoms with Crippen LogP contribution in [0.3, 0.4) is 0 Å². The largest absolute Gasteiger partial charge is 0.365 e. The molecule has 2 aromatic rings. The van der Waals surface area contributed by atoms with Crippen LogP contribution in [0.2, 0.25) is 0 Å². The number of H-pyrrole nitrogens is 1. The maximum Gasteiger partial charge on any atom is 0.0635 e. The van der Waals surface area contributed by atoms with E-state index < -0.39 is 0 Å². The molecule has 2 heteroatoms. The Labute approximate surface area is 114 Å². The number of benzene rings is 1. The van der Waals surface area contributed by atoms with Crippen LogP contribution >= 0.6 is 0 Å². The third-order valence-corrected chi connectivity index (χ3v) is 3.13. The van der Waals surface area contributed by atoms with Crippen molar-refractivity contribution in [2.75, 3.05) is 0 Å². The summed E-state index contributed by atoms with van der Waals surface area (Å²) in [4.78, 5) is 3.28. The Hall–Kier alpha value is -2.22. The molecule has 0 aliphatic carbocycles. The third-order valence-electron chi connectivity index (χ3n) is 3.13. The highest BCUT2D eigenvalue weighted by molar-refractivity contribution is 5.38. The van der Waals surface area contributed by atoms with Gasteiger partial charge in [-0.3, -0.25) is 0 Å². The van der Waals surface area contributed by atoms with Gasteiger partial charge in [-0.2, -0.15) is 0 Å². The molecule has 0 bridgehead atoms. The summed E-state index contributed by atoms with van der Waals surface area (Å²) >= 11 is 0. The predicted octanol–water partition coefficient (Wildman–Crippen LogP) is 4.09. The van der Waals surface area contributed by atoms with Crippen LogP contribution in [-0.2, 0) is 0 Å². The van der Waals surface area contributed by atoms with Crippen LogP contribution in [0.15, 0.2) is 67.1 Å². The van der Waals surface area contributed by atoms with E-state index in [1.165, 1.54) is 11.1 Å². The highest BCUT2D eigenvalue weighted by Crippen LogP contribution is 2.28. The molecule has 0 fully saturated rings. The molecular formula is C17H20N2. The molecule has 1 aromatic carbocycles. The van der Waals surface area contributed by atoms with Crippen LogP contribution in [0, 0.1) is 6.92 Å². The normalized spacial score (nSPS) is 12.5. The summed E-state index contributed by atoms with van der Waals surface area (Å²) in [6.45, 7) is 8.24. The Kier molecular flexibility index (Phi) is 4.24. The van der Waals surface area contributed by atoms with Crippen molar-refractivity contribution >= 4 is 0 Å². The number of aromatic amines is 1. The minimum atomic E-state index is 0.131. The molecule has 2 nitrogen and oxygen atoms in total. The summed E-state index contributed by atoms with van der Waals surface area (Å²) in [5, 5.41) is 3.24. The summed E-state index contributed by atoms with van der Waals surface area (Å²) < 4.78 is 0. The highest BCUT2D eigenvalue weighted by Gasteiger charge is 2.17. The molecule has 1 atom stereocenters. The fraction of sp³-hybridized carbons (Fsp3) is 0.176. The van der Waals surface area contributed by atoms with Gasteiger partial charge in [-0.1, -0.05) is 42.5 Å². The number of aromatic nitrogens is 1. The van der Waals surface area contributed by atoms with E-state index in [1.54, 1.807) is 0 Å². The predicted molar refractivity (Wildman–Crippen MR) is 80.9 cm³/mol. The van der Waals surface area contributed by atoms with Gasteiger partial charge in [-0.05, 0) is 37.7 Å². The van der Waals surface area contributed by atoms with E-state index in [-0.39, 0.29) is 5.92 Å². The van der Waals surface area contributed by atoms with Gasteiger partial charge in [-0.15, -0.1) is 0 Å². The molecule has 1 unspecified atom stereocenters. The highest BCUT2D eigenvalue weighted by atomic mass is 14.9. The van der Waals surface area contributed by atoms with Crippen LogP contribution in [0.5, 0.6) is 0 Å². The second-order valence-electron chi connectivity index (χ2n) is 4.64. The van der Waals surface area contributed by atoms with Crippen LogP contribution in [0.25, 0.3) is 0 Å². The molecule has 2 rings (SSSR count). The number of hydrogen-bond donors (Lipinski definition) is 2. The molecule has 1 aromatic heterocycles. The van der Waals surface area contributed by atoms with Gasteiger partial charge < -0.3 is 10.3 Å². The zero-order valence-corrected chi connectivity index (χ0v) is 11.5. The molecule has 2 N–H and O–H groups in total. The molecule has 0 aliphatic heterocycles. The first-order valence-electron chi connectivity index (χ1n) is 6.48. The summed E-state index contributed by atoms with van der Waals surface area (Å²) in [5.41, 5.74) is 4.60. The van der Waals surface area contributed by atoms with Crippen molar-refractivity contribution in [3.05, 3.63) is 84.0 Å². The second-order valence-corrected chi connectivity index (χ2v) is 4.64. The van der Waals surface area contributed by atoms with Gasteiger partial charge in [0.1, 0.15) is 0 Å². The Balaban J connectivity index is 2.34. The van der Waals surface area contributed by atoms with E-state index in [4.69, 9.17) is 0 Å². The van der Waals surface area contributed by atoms with Gasteiger partial charge in [0.2, 0.25) is 0 Å². The zero-order chi connectivity index (χ0) is 13.7.